The molecule has 6 nitrogen and oxygen atoms in total. The van der Waals surface area contributed by atoms with E-state index in [-0.39, 0.29) is 14.9 Å². The molecule has 0 saturated carbocycles. The molecule has 0 aromatic heterocycles. The van der Waals surface area contributed by atoms with Gasteiger partial charge >= 0.3 is 0 Å². The number of thioether (sulfide) groups is 1. The molecule has 3 aromatic carbocycles. The van der Waals surface area contributed by atoms with Crippen molar-refractivity contribution < 1.29 is 19.1 Å². The summed E-state index contributed by atoms with van der Waals surface area (Å²) in [5.41, 5.74) is 5.67. The van der Waals surface area contributed by atoms with Crippen LogP contribution in [-0.2, 0) is 11.4 Å². The number of amides is 2. The Hall–Kier alpha value is -2.85. The molecule has 36 heavy (non-hydrogen) atoms. The van der Waals surface area contributed by atoms with Crippen molar-refractivity contribution in [3.05, 3.63) is 97.3 Å². The number of hydrogen-bond donors (Lipinski definition) is 1. The summed E-state index contributed by atoms with van der Waals surface area (Å²) in [7, 11) is 1.55. The lowest BCUT2D eigenvalue weighted by Crippen LogP contribution is -2.44. The third-order valence-electron chi connectivity index (χ3n) is 5.31. The van der Waals surface area contributed by atoms with Crippen molar-refractivity contribution in [3.8, 4) is 11.5 Å². The number of halogens is 2. The first-order valence-corrected chi connectivity index (χ1v) is 13.1. The van der Waals surface area contributed by atoms with Gasteiger partial charge in [-0.3, -0.25) is 15.0 Å². The van der Waals surface area contributed by atoms with Crippen LogP contribution in [0.2, 0.25) is 5.02 Å². The maximum absolute atomic E-state index is 13.0. The van der Waals surface area contributed by atoms with Crippen LogP contribution in [0.4, 0.5) is 0 Å². The summed E-state index contributed by atoms with van der Waals surface area (Å²) >= 11 is 16.1. The minimum Gasteiger partial charge on any atom is -0.493 e. The molecule has 0 aliphatic carbocycles. The number of ether oxygens (including phenoxy) is 2. The zero-order chi connectivity index (χ0) is 25.8. The number of carbonyl (C=O) groups is 2. The number of benzene rings is 3. The summed E-state index contributed by atoms with van der Waals surface area (Å²) in [4.78, 5) is 26.0. The van der Waals surface area contributed by atoms with E-state index in [1.165, 1.54) is 0 Å². The van der Waals surface area contributed by atoms with Crippen LogP contribution in [0.3, 0.4) is 0 Å². The highest BCUT2D eigenvalue weighted by Crippen LogP contribution is 2.39. The number of methoxy groups -OCH3 is 1. The Kier molecular flexibility index (Phi) is 8.35. The van der Waals surface area contributed by atoms with Gasteiger partial charge in [-0.1, -0.05) is 59.8 Å². The summed E-state index contributed by atoms with van der Waals surface area (Å²) in [5, 5.41) is 1.32. The quantitative estimate of drug-likeness (QED) is 0.244. The number of rotatable bonds is 7. The molecule has 2 amide bonds. The van der Waals surface area contributed by atoms with Crippen molar-refractivity contribution in [2.24, 2.45) is 0 Å². The number of aryl methyl sites for hydroxylation is 1. The molecule has 0 unspecified atom stereocenters. The van der Waals surface area contributed by atoms with Crippen molar-refractivity contribution in [3.63, 3.8) is 0 Å². The molecule has 1 N–H and O–H groups in total. The normalized spacial score (nSPS) is 14.3. The van der Waals surface area contributed by atoms with Gasteiger partial charge in [-0.15, -0.1) is 0 Å². The van der Waals surface area contributed by atoms with Gasteiger partial charge in [0, 0.05) is 0 Å². The van der Waals surface area contributed by atoms with Crippen LogP contribution < -0.4 is 14.9 Å². The predicted octanol–water partition coefficient (Wildman–Crippen LogP) is 6.54. The topological polar surface area (TPSA) is 67.9 Å². The zero-order valence-corrected chi connectivity index (χ0v) is 23.2. The summed E-state index contributed by atoms with van der Waals surface area (Å²) in [6.45, 7) is 2.41. The largest absolute Gasteiger partial charge is 0.493 e. The lowest BCUT2D eigenvalue weighted by molar-refractivity contribution is -0.123. The first-order chi connectivity index (χ1) is 17.3. The van der Waals surface area contributed by atoms with Gasteiger partial charge in [0.1, 0.15) is 6.61 Å². The van der Waals surface area contributed by atoms with Gasteiger partial charge in [0.25, 0.3) is 11.8 Å². The average molecular weight is 604 g/mol. The van der Waals surface area contributed by atoms with Crippen molar-refractivity contribution in [2.75, 3.05) is 7.11 Å². The molecular weight excluding hydrogens is 584 g/mol. The summed E-state index contributed by atoms with van der Waals surface area (Å²) in [6.07, 6.45) is 1.68. The monoisotopic (exact) mass is 602 g/mol. The molecule has 1 aliphatic rings. The van der Waals surface area contributed by atoms with E-state index >= 15 is 0 Å². The Morgan fingerprint density at radius 2 is 1.92 bits per heavy atom. The van der Waals surface area contributed by atoms with Crippen LogP contribution in [0.15, 0.2) is 70.0 Å². The van der Waals surface area contributed by atoms with Crippen LogP contribution in [0, 0.1) is 6.92 Å². The Labute approximate surface area is 231 Å². The first-order valence-electron chi connectivity index (χ1n) is 10.7. The van der Waals surface area contributed by atoms with Crippen LogP contribution in [0.25, 0.3) is 6.08 Å². The molecule has 1 heterocycles. The second kappa shape index (κ2) is 11.5. The van der Waals surface area contributed by atoms with Gasteiger partial charge < -0.3 is 9.47 Å². The highest BCUT2D eigenvalue weighted by atomic mass is 79.9. The van der Waals surface area contributed by atoms with E-state index in [1.54, 1.807) is 43.5 Å². The van der Waals surface area contributed by atoms with E-state index < -0.39 is 11.8 Å². The molecule has 3 aromatic rings. The van der Waals surface area contributed by atoms with Gasteiger partial charge in [-0.25, -0.2) is 0 Å². The zero-order valence-electron chi connectivity index (χ0n) is 19.2. The molecule has 10 heteroatoms. The van der Waals surface area contributed by atoms with Crippen LogP contribution in [0.5, 0.6) is 11.5 Å². The average Bonchev–Trinajstić information content (AvgIpc) is 3.11. The highest BCUT2D eigenvalue weighted by molar-refractivity contribution is 9.10. The maximum Gasteiger partial charge on any atom is 0.285 e. The minimum atomic E-state index is -0.530. The number of carbonyl (C=O) groups excluding carboxylic acids is 2. The van der Waals surface area contributed by atoms with Gasteiger partial charge in [-0.05, 0) is 82.1 Å². The molecule has 0 radical (unpaired) electrons. The second-order valence-electron chi connectivity index (χ2n) is 7.69. The van der Waals surface area contributed by atoms with Gasteiger partial charge in [0.05, 0.1) is 27.1 Å². The van der Waals surface area contributed by atoms with E-state index in [9.17, 15) is 9.59 Å². The van der Waals surface area contributed by atoms with Crippen molar-refractivity contribution >= 4 is 73.7 Å². The molecule has 0 atom stereocenters. The van der Waals surface area contributed by atoms with Crippen LogP contribution in [-0.4, -0.2) is 28.3 Å². The van der Waals surface area contributed by atoms with E-state index in [0.717, 1.165) is 27.9 Å². The maximum atomic E-state index is 13.0. The van der Waals surface area contributed by atoms with Gasteiger partial charge in [0.2, 0.25) is 0 Å². The predicted molar refractivity (Wildman–Crippen MR) is 150 cm³/mol. The fourth-order valence-electron chi connectivity index (χ4n) is 3.41. The third kappa shape index (κ3) is 5.75. The van der Waals surface area contributed by atoms with Crippen molar-refractivity contribution in [1.29, 1.82) is 0 Å². The van der Waals surface area contributed by atoms with Crippen LogP contribution in [0.1, 0.15) is 27.0 Å². The highest BCUT2D eigenvalue weighted by Gasteiger charge is 2.34. The molecule has 0 bridgehead atoms. The number of hydrogen-bond acceptors (Lipinski definition) is 6. The van der Waals surface area contributed by atoms with E-state index in [0.29, 0.717) is 33.0 Å². The Morgan fingerprint density at radius 3 is 2.64 bits per heavy atom. The SMILES string of the molecule is COc1cc(/C=C2\SC(=S)N(NC(=O)c3ccccc3Cl)C2=O)cc(Br)c1OCc1ccccc1C. The van der Waals surface area contributed by atoms with Gasteiger partial charge in [-0.2, -0.15) is 5.01 Å². The lowest BCUT2D eigenvalue weighted by Gasteiger charge is -2.16. The number of nitrogens with one attached hydrogen (secondary N) is 1. The third-order valence-corrected chi connectivity index (χ3v) is 7.53. The summed E-state index contributed by atoms with van der Waals surface area (Å²) in [5.74, 6) is 0.0854. The standard InChI is InChI=1S/C26H20BrClN2O4S2/c1-15-7-3-4-8-17(15)14-34-23-19(27)11-16(12-21(23)33-2)13-22-25(32)30(26(35)36-22)29-24(31)18-9-5-6-10-20(18)28/h3-13H,14H2,1-2H3,(H,29,31)/b22-13-. The Morgan fingerprint density at radius 1 is 1.19 bits per heavy atom. The van der Waals surface area contributed by atoms with Gasteiger partial charge in [0.15, 0.2) is 15.8 Å². The molecule has 1 aliphatic heterocycles. The molecule has 1 fully saturated rings. The smallest absolute Gasteiger partial charge is 0.285 e. The second-order valence-corrected chi connectivity index (χ2v) is 10.6. The number of hydrazine groups is 1. The molecule has 184 valence electrons. The first kappa shape index (κ1) is 26.2. The number of nitrogens with zero attached hydrogens (tertiary/aromatic N) is 1. The van der Waals surface area contributed by atoms with E-state index in [4.69, 9.17) is 33.3 Å². The minimum absolute atomic E-state index is 0.205. The molecule has 0 spiro atoms. The molecular formula is C26H20BrClN2O4S2. The fraction of sp³-hybridized carbons (Fsp3) is 0.115. The summed E-state index contributed by atoms with van der Waals surface area (Å²) in [6, 6.07) is 18.1. The molecule has 1 saturated heterocycles. The number of thiocarbonyl (C=S) groups is 1. The Bertz CT molecular complexity index is 1400. The van der Waals surface area contributed by atoms with E-state index in [1.807, 2.05) is 37.3 Å². The van der Waals surface area contributed by atoms with Crippen molar-refractivity contribution in [1.82, 2.24) is 10.4 Å². The molecule has 4 rings (SSSR count). The van der Waals surface area contributed by atoms with Crippen molar-refractivity contribution in [2.45, 2.75) is 13.5 Å². The lowest BCUT2D eigenvalue weighted by atomic mass is 10.1. The Balaban J connectivity index is 1.53. The van der Waals surface area contributed by atoms with E-state index in [2.05, 4.69) is 21.4 Å². The fourth-order valence-corrected chi connectivity index (χ4v) is 5.38. The van der Waals surface area contributed by atoms with Crippen LogP contribution >= 0.6 is 51.5 Å². The summed E-state index contributed by atoms with van der Waals surface area (Å²) < 4.78 is 12.5.